The van der Waals surface area contributed by atoms with E-state index in [9.17, 15) is 4.79 Å². The molecule has 0 spiro atoms. The van der Waals surface area contributed by atoms with Crippen LogP contribution in [0.4, 0.5) is 0 Å². The van der Waals surface area contributed by atoms with Gasteiger partial charge in [0.2, 0.25) is 0 Å². The van der Waals surface area contributed by atoms with Gasteiger partial charge in [-0.25, -0.2) is 0 Å². The predicted octanol–water partition coefficient (Wildman–Crippen LogP) is 3.22. The fourth-order valence-corrected chi connectivity index (χ4v) is 1.94. The molecule has 2 aromatic rings. The van der Waals surface area contributed by atoms with Crippen LogP contribution in [0.15, 0.2) is 36.5 Å². The van der Waals surface area contributed by atoms with Gasteiger partial charge in [0.1, 0.15) is 0 Å². The molecule has 0 unspecified atom stereocenters. The lowest BCUT2D eigenvalue weighted by Gasteiger charge is -2.01. The third kappa shape index (κ3) is 1.83. The number of fused-ring (bicyclic) bond motifs is 1. The van der Waals surface area contributed by atoms with Crippen molar-refractivity contribution in [2.24, 2.45) is 5.92 Å². The van der Waals surface area contributed by atoms with Crippen molar-refractivity contribution in [3.05, 3.63) is 42.1 Å². The second-order valence-electron chi connectivity index (χ2n) is 4.48. The SMILES string of the molecule is O=C(CC1CC1)c1ccc2cccnc2c1. The second-order valence-corrected chi connectivity index (χ2v) is 4.48. The Labute approximate surface area is 94.3 Å². The van der Waals surface area contributed by atoms with Crippen LogP contribution in [0.25, 0.3) is 10.9 Å². The average molecular weight is 211 g/mol. The number of rotatable bonds is 3. The monoisotopic (exact) mass is 211 g/mol. The molecule has 0 atom stereocenters. The highest BCUT2D eigenvalue weighted by molar-refractivity contribution is 5.99. The van der Waals surface area contributed by atoms with E-state index in [1.807, 2.05) is 30.3 Å². The molecule has 2 heteroatoms. The molecule has 1 fully saturated rings. The molecule has 0 bridgehead atoms. The lowest BCUT2D eigenvalue weighted by atomic mass is 10.0. The van der Waals surface area contributed by atoms with Gasteiger partial charge in [0.25, 0.3) is 0 Å². The zero-order valence-corrected chi connectivity index (χ0v) is 9.02. The minimum absolute atomic E-state index is 0.259. The van der Waals surface area contributed by atoms with Crippen LogP contribution in [-0.4, -0.2) is 10.8 Å². The van der Waals surface area contributed by atoms with E-state index >= 15 is 0 Å². The van der Waals surface area contributed by atoms with E-state index in [0.717, 1.165) is 16.5 Å². The number of ketones is 1. The summed E-state index contributed by atoms with van der Waals surface area (Å²) in [4.78, 5) is 16.2. The highest BCUT2D eigenvalue weighted by Gasteiger charge is 2.24. The lowest BCUT2D eigenvalue weighted by molar-refractivity contribution is 0.0976. The zero-order chi connectivity index (χ0) is 11.0. The molecule has 0 N–H and O–H groups in total. The number of Topliss-reactive ketones (excluding diaryl/α,β-unsaturated/α-hetero) is 1. The molecule has 1 aliphatic rings. The first-order chi connectivity index (χ1) is 7.83. The molecule has 3 rings (SSSR count). The van der Waals surface area contributed by atoms with Crippen molar-refractivity contribution in [3.63, 3.8) is 0 Å². The summed E-state index contributed by atoms with van der Waals surface area (Å²) in [5, 5.41) is 1.09. The number of aromatic nitrogens is 1. The summed E-state index contributed by atoms with van der Waals surface area (Å²) >= 11 is 0. The van der Waals surface area contributed by atoms with Crippen LogP contribution < -0.4 is 0 Å². The van der Waals surface area contributed by atoms with E-state index < -0.39 is 0 Å². The van der Waals surface area contributed by atoms with Gasteiger partial charge in [-0.15, -0.1) is 0 Å². The van der Waals surface area contributed by atoms with Crippen LogP contribution in [0.3, 0.4) is 0 Å². The van der Waals surface area contributed by atoms with Crippen molar-refractivity contribution >= 4 is 16.7 Å². The lowest BCUT2D eigenvalue weighted by Crippen LogP contribution is -1.99. The van der Waals surface area contributed by atoms with Gasteiger partial charge < -0.3 is 0 Å². The van der Waals surface area contributed by atoms with Gasteiger partial charge in [-0.2, -0.15) is 0 Å². The van der Waals surface area contributed by atoms with Crippen molar-refractivity contribution in [1.82, 2.24) is 4.98 Å². The van der Waals surface area contributed by atoms with Crippen LogP contribution in [0.1, 0.15) is 29.6 Å². The number of pyridine rings is 1. The van der Waals surface area contributed by atoms with E-state index in [-0.39, 0.29) is 5.78 Å². The van der Waals surface area contributed by atoms with E-state index in [2.05, 4.69) is 4.98 Å². The topological polar surface area (TPSA) is 30.0 Å². The standard InChI is InChI=1S/C14H13NO/c16-14(8-10-3-4-10)12-6-5-11-2-1-7-15-13(11)9-12/h1-2,5-7,9-10H,3-4,8H2. The Kier molecular flexibility index (Phi) is 2.21. The molecule has 2 nitrogen and oxygen atoms in total. The minimum Gasteiger partial charge on any atom is -0.294 e. The molecule has 16 heavy (non-hydrogen) atoms. The van der Waals surface area contributed by atoms with Gasteiger partial charge >= 0.3 is 0 Å². The highest BCUT2D eigenvalue weighted by Crippen LogP contribution is 2.33. The van der Waals surface area contributed by atoms with Gasteiger partial charge in [0.05, 0.1) is 5.52 Å². The van der Waals surface area contributed by atoms with E-state index in [0.29, 0.717) is 12.3 Å². The molecule has 1 aliphatic carbocycles. The Morgan fingerprint density at radius 1 is 1.31 bits per heavy atom. The molecule has 1 aromatic carbocycles. The predicted molar refractivity (Wildman–Crippen MR) is 63.4 cm³/mol. The van der Waals surface area contributed by atoms with Crippen molar-refractivity contribution in [1.29, 1.82) is 0 Å². The summed E-state index contributed by atoms with van der Waals surface area (Å²) in [6, 6.07) is 9.71. The molecule has 0 amide bonds. The molecule has 1 aromatic heterocycles. The maximum Gasteiger partial charge on any atom is 0.163 e. The second kappa shape index (κ2) is 3.71. The number of hydrogen-bond donors (Lipinski definition) is 0. The average Bonchev–Trinajstić information content (AvgIpc) is 3.12. The third-order valence-electron chi connectivity index (χ3n) is 3.10. The van der Waals surface area contributed by atoms with Gasteiger partial charge in [-0.1, -0.05) is 18.2 Å². The maximum absolute atomic E-state index is 11.9. The third-order valence-corrected chi connectivity index (χ3v) is 3.10. The first kappa shape index (κ1) is 9.52. The van der Waals surface area contributed by atoms with Crippen molar-refractivity contribution in [2.75, 3.05) is 0 Å². The zero-order valence-electron chi connectivity index (χ0n) is 9.02. The molecule has 80 valence electrons. The smallest absolute Gasteiger partial charge is 0.163 e. The summed E-state index contributed by atoms with van der Waals surface area (Å²) in [6.45, 7) is 0. The maximum atomic E-state index is 11.9. The Morgan fingerprint density at radius 2 is 2.19 bits per heavy atom. The van der Waals surface area contributed by atoms with Crippen molar-refractivity contribution in [3.8, 4) is 0 Å². The van der Waals surface area contributed by atoms with Crippen molar-refractivity contribution in [2.45, 2.75) is 19.3 Å². The Morgan fingerprint density at radius 3 is 3.00 bits per heavy atom. The Bertz CT molecular complexity index is 543. The number of carbonyl (C=O) groups excluding carboxylic acids is 1. The van der Waals surface area contributed by atoms with Gasteiger partial charge in [0.15, 0.2) is 5.78 Å². The largest absolute Gasteiger partial charge is 0.294 e. The van der Waals surface area contributed by atoms with Crippen LogP contribution in [0.2, 0.25) is 0 Å². The highest BCUT2D eigenvalue weighted by atomic mass is 16.1. The summed E-state index contributed by atoms with van der Waals surface area (Å²) in [5.74, 6) is 0.905. The molecule has 0 radical (unpaired) electrons. The van der Waals surface area contributed by atoms with Crippen LogP contribution in [0.5, 0.6) is 0 Å². The quantitative estimate of drug-likeness (QED) is 0.729. The molecular weight excluding hydrogens is 198 g/mol. The molecule has 0 aliphatic heterocycles. The number of benzene rings is 1. The van der Waals surface area contributed by atoms with Gasteiger partial charge in [0, 0.05) is 23.6 Å². The molecule has 1 heterocycles. The van der Waals surface area contributed by atoms with Gasteiger partial charge in [-0.3, -0.25) is 9.78 Å². The number of carbonyl (C=O) groups is 1. The number of hydrogen-bond acceptors (Lipinski definition) is 2. The minimum atomic E-state index is 0.259. The van der Waals surface area contributed by atoms with Crippen LogP contribution in [0, 0.1) is 5.92 Å². The summed E-state index contributed by atoms with van der Waals surface area (Å²) in [5.41, 5.74) is 1.71. The van der Waals surface area contributed by atoms with E-state index in [1.165, 1.54) is 12.8 Å². The Balaban J connectivity index is 1.94. The molecular formula is C14H13NO. The van der Waals surface area contributed by atoms with E-state index in [4.69, 9.17) is 0 Å². The summed E-state index contributed by atoms with van der Waals surface area (Å²) in [7, 11) is 0. The summed E-state index contributed by atoms with van der Waals surface area (Å²) < 4.78 is 0. The summed E-state index contributed by atoms with van der Waals surface area (Å²) in [6.07, 6.45) is 4.91. The first-order valence-corrected chi connectivity index (χ1v) is 5.71. The normalized spacial score (nSPS) is 15.2. The van der Waals surface area contributed by atoms with Crippen molar-refractivity contribution < 1.29 is 4.79 Å². The number of nitrogens with zero attached hydrogens (tertiary/aromatic N) is 1. The molecule has 1 saturated carbocycles. The Hall–Kier alpha value is -1.70. The fourth-order valence-electron chi connectivity index (χ4n) is 1.94. The molecule has 0 saturated heterocycles. The van der Waals surface area contributed by atoms with Crippen LogP contribution in [-0.2, 0) is 0 Å². The first-order valence-electron chi connectivity index (χ1n) is 5.71. The fraction of sp³-hybridized carbons (Fsp3) is 0.286. The van der Waals surface area contributed by atoms with Crippen LogP contribution >= 0.6 is 0 Å². The van der Waals surface area contributed by atoms with Gasteiger partial charge in [-0.05, 0) is 30.9 Å². The van der Waals surface area contributed by atoms with E-state index in [1.54, 1.807) is 6.20 Å².